The summed E-state index contributed by atoms with van der Waals surface area (Å²) in [6.45, 7) is 5.93. The van der Waals surface area contributed by atoms with E-state index in [1.165, 1.54) is 23.7 Å². The SMILES string of the molecule is c1cc2nsnc2cc1Cn1cc(CN2CCCNCC2)nn1. The molecule has 3 heterocycles. The van der Waals surface area contributed by atoms with Crippen LogP contribution in [0.1, 0.15) is 17.7 Å². The maximum atomic E-state index is 4.31. The highest BCUT2D eigenvalue weighted by molar-refractivity contribution is 7.00. The molecule has 0 atom stereocenters. The van der Waals surface area contributed by atoms with Crippen LogP contribution >= 0.6 is 11.7 Å². The summed E-state index contributed by atoms with van der Waals surface area (Å²) in [4.78, 5) is 2.43. The van der Waals surface area contributed by atoms with Gasteiger partial charge in [-0.05, 0) is 37.2 Å². The molecule has 8 heteroatoms. The molecule has 1 aliphatic heterocycles. The lowest BCUT2D eigenvalue weighted by Gasteiger charge is -2.17. The normalized spacial score (nSPS) is 16.7. The Hall–Kier alpha value is -1.90. The Balaban J connectivity index is 1.42. The Morgan fingerprint density at radius 1 is 1.09 bits per heavy atom. The molecule has 1 fully saturated rings. The minimum atomic E-state index is 0.710. The van der Waals surface area contributed by atoms with Gasteiger partial charge in [0, 0.05) is 19.6 Å². The van der Waals surface area contributed by atoms with Crippen LogP contribution in [0.25, 0.3) is 11.0 Å². The Kier molecular flexibility index (Phi) is 4.27. The lowest BCUT2D eigenvalue weighted by molar-refractivity contribution is 0.281. The molecule has 0 amide bonds. The fourth-order valence-corrected chi connectivity index (χ4v) is 3.41. The van der Waals surface area contributed by atoms with Gasteiger partial charge in [-0.3, -0.25) is 4.90 Å². The summed E-state index contributed by atoms with van der Waals surface area (Å²) < 4.78 is 10.4. The number of aromatic nitrogens is 5. The quantitative estimate of drug-likeness (QED) is 0.773. The summed E-state index contributed by atoms with van der Waals surface area (Å²) in [7, 11) is 0. The largest absolute Gasteiger partial charge is 0.315 e. The van der Waals surface area contributed by atoms with Crippen molar-refractivity contribution in [3.8, 4) is 0 Å². The first kappa shape index (κ1) is 14.7. The standard InChI is InChI=1S/C15H19N7S/c1-4-16-5-7-21(6-1)10-13-11-22(20-17-13)9-12-2-3-14-15(8-12)19-23-18-14/h2-3,8,11,16H,1,4-7,9-10H2. The highest BCUT2D eigenvalue weighted by atomic mass is 32.1. The number of hydrogen-bond acceptors (Lipinski definition) is 7. The molecular weight excluding hydrogens is 310 g/mol. The molecule has 0 saturated carbocycles. The lowest BCUT2D eigenvalue weighted by Crippen LogP contribution is -2.27. The topological polar surface area (TPSA) is 71.8 Å². The average Bonchev–Trinajstić information content (AvgIpc) is 3.11. The average molecular weight is 329 g/mol. The Morgan fingerprint density at radius 3 is 3.04 bits per heavy atom. The number of fused-ring (bicyclic) bond motifs is 1. The van der Waals surface area contributed by atoms with E-state index < -0.39 is 0 Å². The van der Waals surface area contributed by atoms with Crippen molar-refractivity contribution in [1.29, 1.82) is 0 Å². The Morgan fingerprint density at radius 2 is 2.04 bits per heavy atom. The van der Waals surface area contributed by atoms with Crippen molar-refractivity contribution in [2.75, 3.05) is 26.2 Å². The molecule has 0 spiro atoms. The molecule has 0 bridgehead atoms. The minimum Gasteiger partial charge on any atom is -0.315 e. The number of benzene rings is 1. The van der Waals surface area contributed by atoms with Crippen molar-refractivity contribution in [2.24, 2.45) is 0 Å². The van der Waals surface area contributed by atoms with E-state index in [-0.39, 0.29) is 0 Å². The summed E-state index contributed by atoms with van der Waals surface area (Å²) in [5.41, 5.74) is 4.10. The van der Waals surface area contributed by atoms with Gasteiger partial charge in [0.05, 0.1) is 30.2 Å². The summed E-state index contributed by atoms with van der Waals surface area (Å²) >= 11 is 1.25. The number of hydrogen-bond donors (Lipinski definition) is 1. The van der Waals surface area contributed by atoms with Gasteiger partial charge in [0.25, 0.3) is 0 Å². The van der Waals surface area contributed by atoms with Gasteiger partial charge in [0.2, 0.25) is 0 Å². The second-order valence-electron chi connectivity index (χ2n) is 5.87. The van der Waals surface area contributed by atoms with Crippen molar-refractivity contribution < 1.29 is 0 Å². The molecule has 2 aromatic heterocycles. The third kappa shape index (κ3) is 3.54. The second-order valence-corrected chi connectivity index (χ2v) is 6.40. The minimum absolute atomic E-state index is 0.710. The van der Waals surface area contributed by atoms with E-state index in [1.807, 2.05) is 16.9 Å². The number of nitrogens with one attached hydrogen (secondary N) is 1. The van der Waals surface area contributed by atoms with Crippen molar-refractivity contribution >= 4 is 22.8 Å². The fraction of sp³-hybridized carbons (Fsp3) is 0.467. The molecule has 7 nitrogen and oxygen atoms in total. The van der Waals surface area contributed by atoms with E-state index in [9.17, 15) is 0 Å². The zero-order valence-electron chi connectivity index (χ0n) is 12.9. The number of nitrogens with zero attached hydrogens (tertiary/aromatic N) is 6. The molecule has 1 aliphatic rings. The highest BCUT2D eigenvalue weighted by Crippen LogP contribution is 2.14. The van der Waals surface area contributed by atoms with Crippen molar-refractivity contribution in [3.05, 3.63) is 35.7 Å². The molecule has 4 rings (SSSR count). The van der Waals surface area contributed by atoms with Crippen molar-refractivity contribution in [1.82, 2.24) is 34.0 Å². The molecule has 1 saturated heterocycles. The molecule has 3 aromatic rings. The van der Waals surface area contributed by atoms with Crippen LogP contribution in [0.2, 0.25) is 0 Å². The molecule has 1 N–H and O–H groups in total. The van der Waals surface area contributed by atoms with Crippen LogP contribution in [-0.4, -0.2) is 54.8 Å². The fourth-order valence-electron chi connectivity index (χ4n) is 2.89. The highest BCUT2D eigenvalue weighted by Gasteiger charge is 2.11. The van der Waals surface area contributed by atoms with Crippen LogP contribution in [0.3, 0.4) is 0 Å². The molecule has 23 heavy (non-hydrogen) atoms. The Bertz CT molecular complexity index is 773. The van der Waals surface area contributed by atoms with Crippen LogP contribution in [-0.2, 0) is 13.1 Å². The van der Waals surface area contributed by atoms with Crippen LogP contribution in [0.5, 0.6) is 0 Å². The van der Waals surface area contributed by atoms with Crippen molar-refractivity contribution in [2.45, 2.75) is 19.5 Å². The third-order valence-corrected chi connectivity index (χ3v) is 4.62. The molecule has 1 aromatic carbocycles. The van der Waals surface area contributed by atoms with E-state index in [4.69, 9.17) is 0 Å². The van der Waals surface area contributed by atoms with E-state index in [2.05, 4.69) is 41.4 Å². The van der Waals surface area contributed by atoms with Gasteiger partial charge in [0.1, 0.15) is 11.0 Å². The van der Waals surface area contributed by atoms with Gasteiger partial charge in [0.15, 0.2) is 0 Å². The van der Waals surface area contributed by atoms with E-state index >= 15 is 0 Å². The Labute approximate surface area is 138 Å². The van der Waals surface area contributed by atoms with Crippen LogP contribution in [0.15, 0.2) is 24.4 Å². The summed E-state index contributed by atoms with van der Waals surface area (Å²) in [6, 6.07) is 6.16. The van der Waals surface area contributed by atoms with Gasteiger partial charge in [-0.1, -0.05) is 11.3 Å². The van der Waals surface area contributed by atoms with Gasteiger partial charge >= 0.3 is 0 Å². The van der Waals surface area contributed by atoms with E-state index in [0.717, 1.165) is 49.5 Å². The van der Waals surface area contributed by atoms with Gasteiger partial charge < -0.3 is 5.32 Å². The number of rotatable bonds is 4. The van der Waals surface area contributed by atoms with Crippen LogP contribution in [0.4, 0.5) is 0 Å². The van der Waals surface area contributed by atoms with Gasteiger partial charge in [-0.2, -0.15) is 8.75 Å². The smallest absolute Gasteiger partial charge is 0.105 e. The van der Waals surface area contributed by atoms with Crippen LogP contribution < -0.4 is 5.32 Å². The summed E-state index contributed by atoms with van der Waals surface area (Å²) in [6.07, 6.45) is 3.23. The first-order chi connectivity index (χ1) is 11.4. The molecule has 0 unspecified atom stereocenters. The summed E-state index contributed by atoms with van der Waals surface area (Å²) in [5, 5.41) is 12.0. The molecule has 0 radical (unpaired) electrons. The zero-order chi connectivity index (χ0) is 15.5. The van der Waals surface area contributed by atoms with Gasteiger partial charge in [-0.25, -0.2) is 4.68 Å². The first-order valence-corrected chi connectivity index (χ1v) is 8.63. The zero-order valence-corrected chi connectivity index (χ0v) is 13.7. The van der Waals surface area contributed by atoms with Crippen molar-refractivity contribution in [3.63, 3.8) is 0 Å². The maximum absolute atomic E-state index is 4.31. The molecule has 0 aliphatic carbocycles. The second kappa shape index (κ2) is 6.69. The molecular formula is C15H19N7S. The maximum Gasteiger partial charge on any atom is 0.105 e. The first-order valence-electron chi connectivity index (χ1n) is 7.90. The van der Waals surface area contributed by atoms with E-state index in [1.54, 1.807) is 0 Å². The predicted molar refractivity (Wildman–Crippen MR) is 89.3 cm³/mol. The lowest BCUT2D eigenvalue weighted by atomic mass is 10.2. The monoisotopic (exact) mass is 329 g/mol. The van der Waals surface area contributed by atoms with Crippen LogP contribution in [0, 0.1) is 0 Å². The van der Waals surface area contributed by atoms with Gasteiger partial charge in [-0.15, -0.1) is 5.10 Å². The third-order valence-electron chi connectivity index (χ3n) is 4.07. The predicted octanol–water partition coefficient (Wildman–Crippen LogP) is 1.13. The summed E-state index contributed by atoms with van der Waals surface area (Å²) in [5.74, 6) is 0. The van der Waals surface area contributed by atoms with E-state index in [0.29, 0.717) is 6.54 Å². The molecule has 120 valence electrons.